The molecule has 0 spiro atoms. The number of carbonyl (C=O) groups is 1. The molecule has 0 fully saturated rings. The molecule has 0 radical (unpaired) electrons. The van der Waals surface area contributed by atoms with Crippen LogP contribution in [0.3, 0.4) is 0 Å². The van der Waals surface area contributed by atoms with Crippen molar-refractivity contribution >= 4 is 21.5 Å². The first-order valence-electron chi connectivity index (χ1n) is 4.91. The van der Waals surface area contributed by atoms with Crippen LogP contribution in [0.15, 0.2) is 23.1 Å². The minimum absolute atomic E-state index is 0.153. The highest BCUT2D eigenvalue weighted by molar-refractivity contribution is 7.92. The molecule has 21 heavy (non-hydrogen) atoms. The van der Waals surface area contributed by atoms with Crippen LogP contribution in [0.5, 0.6) is 5.75 Å². The Kier molecular flexibility index (Phi) is 4.41. The van der Waals surface area contributed by atoms with Gasteiger partial charge in [-0.15, -0.1) is 0 Å². The second-order valence-corrected chi connectivity index (χ2v) is 5.46. The Bertz CT molecular complexity index is 683. The summed E-state index contributed by atoms with van der Waals surface area (Å²) in [5.74, 6) is -2.14. The zero-order valence-corrected chi connectivity index (χ0v) is 10.6. The van der Waals surface area contributed by atoms with Crippen LogP contribution in [0.4, 0.5) is 18.9 Å². The highest BCUT2D eigenvalue weighted by Crippen LogP contribution is 2.35. The third-order valence-electron chi connectivity index (χ3n) is 2.09. The van der Waals surface area contributed by atoms with Gasteiger partial charge in [-0.3, -0.25) is 10.1 Å². The predicted molar refractivity (Wildman–Crippen MR) is 59.5 cm³/mol. The van der Waals surface area contributed by atoms with Gasteiger partial charge < -0.3 is 9.84 Å². The Labute approximate surface area is 114 Å². The number of aliphatic carboxylic acids is 1. The molecule has 1 N–H and O–H groups in total. The lowest BCUT2D eigenvalue weighted by Gasteiger charge is -2.09. The van der Waals surface area contributed by atoms with E-state index in [4.69, 9.17) is 5.11 Å². The van der Waals surface area contributed by atoms with Crippen molar-refractivity contribution in [1.29, 1.82) is 0 Å². The maximum Gasteiger partial charge on any atom is 0.501 e. The third-order valence-corrected chi connectivity index (χ3v) is 3.58. The number of benzene rings is 1. The van der Waals surface area contributed by atoms with Crippen molar-refractivity contribution in [1.82, 2.24) is 0 Å². The molecular formula is C9H6F3NO7S. The molecule has 0 aromatic heterocycles. The minimum Gasteiger partial charge on any atom is -0.479 e. The Morgan fingerprint density at radius 1 is 1.38 bits per heavy atom. The summed E-state index contributed by atoms with van der Waals surface area (Å²) in [6, 6.07) is 1.17. The van der Waals surface area contributed by atoms with Crippen LogP contribution in [0.2, 0.25) is 0 Å². The lowest BCUT2D eigenvalue weighted by atomic mass is 10.3. The summed E-state index contributed by atoms with van der Waals surface area (Å²) in [6.07, 6.45) is 0. The molecule has 12 heteroatoms. The van der Waals surface area contributed by atoms with Crippen LogP contribution in [-0.4, -0.2) is 36.5 Å². The lowest BCUT2D eigenvalue weighted by Crippen LogP contribution is -2.23. The maximum absolute atomic E-state index is 12.3. The molecule has 0 heterocycles. The fourth-order valence-electron chi connectivity index (χ4n) is 1.20. The molecule has 0 bridgehead atoms. The number of carboxylic acid groups (broad SMARTS) is 1. The summed E-state index contributed by atoms with van der Waals surface area (Å²) in [5.41, 5.74) is -6.72. The van der Waals surface area contributed by atoms with E-state index < -0.39 is 49.2 Å². The first kappa shape index (κ1) is 16.7. The Morgan fingerprint density at radius 2 is 1.95 bits per heavy atom. The maximum atomic E-state index is 12.3. The SMILES string of the molecule is O=C(O)COc1ccc(S(=O)(=O)C(F)(F)F)cc1[N+](=O)[O-]. The van der Waals surface area contributed by atoms with E-state index in [1.165, 1.54) is 0 Å². The standard InChI is InChI=1S/C9H6F3NO7S/c10-9(11,12)21(18,19)5-1-2-7(20-4-8(14)15)6(3-5)13(16)17/h1-3H,4H2,(H,14,15). The zero-order chi connectivity index (χ0) is 16.4. The molecule has 0 saturated carbocycles. The van der Waals surface area contributed by atoms with Crippen LogP contribution in [0, 0.1) is 10.1 Å². The van der Waals surface area contributed by atoms with Gasteiger partial charge in [0.15, 0.2) is 12.4 Å². The number of hydrogen-bond acceptors (Lipinski definition) is 6. The monoisotopic (exact) mass is 329 g/mol. The van der Waals surface area contributed by atoms with Gasteiger partial charge in [0.1, 0.15) is 0 Å². The molecule has 1 aromatic rings. The van der Waals surface area contributed by atoms with Crippen LogP contribution >= 0.6 is 0 Å². The van der Waals surface area contributed by atoms with Crippen molar-refractivity contribution in [3.63, 3.8) is 0 Å². The van der Waals surface area contributed by atoms with E-state index in [1.54, 1.807) is 0 Å². The lowest BCUT2D eigenvalue weighted by molar-refractivity contribution is -0.386. The second-order valence-electron chi connectivity index (χ2n) is 3.52. The van der Waals surface area contributed by atoms with Gasteiger partial charge in [0.25, 0.3) is 9.84 Å². The van der Waals surface area contributed by atoms with Crippen LogP contribution < -0.4 is 4.74 Å². The quantitative estimate of drug-likeness (QED) is 0.638. The number of ether oxygens (including phenoxy) is 1. The normalized spacial score (nSPS) is 12.0. The molecule has 0 saturated heterocycles. The summed E-state index contributed by atoms with van der Waals surface area (Å²) < 4.78 is 63.8. The number of rotatable bonds is 5. The van der Waals surface area contributed by atoms with Gasteiger partial charge in [-0.05, 0) is 12.1 Å². The van der Waals surface area contributed by atoms with Crippen molar-refractivity contribution in [2.75, 3.05) is 6.61 Å². The van der Waals surface area contributed by atoms with E-state index in [0.717, 1.165) is 0 Å². The second kappa shape index (κ2) is 5.55. The molecule has 116 valence electrons. The summed E-state index contributed by atoms with van der Waals surface area (Å²) in [6.45, 7) is -0.980. The molecule has 0 aliphatic heterocycles. The Balaban J connectivity index is 3.34. The van der Waals surface area contributed by atoms with Gasteiger partial charge in [0, 0.05) is 6.07 Å². The molecule has 0 aliphatic carbocycles. The number of carboxylic acids is 1. The predicted octanol–water partition coefficient (Wildman–Crippen LogP) is 1.35. The number of nitrogens with zero attached hydrogens (tertiary/aromatic N) is 1. The summed E-state index contributed by atoms with van der Waals surface area (Å²) in [4.78, 5) is 18.4. The number of halogens is 3. The molecule has 0 amide bonds. The van der Waals surface area contributed by atoms with E-state index in [-0.39, 0.29) is 6.07 Å². The average Bonchev–Trinajstić information content (AvgIpc) is 2.34. The van der Waals surface area contributed by atoms with Crippen molar-refractivity contribution in [2.24, 2.45) is 0 Å². The molecule has 1 rings (SSSR count). The Hall–Kier alpha value is -2.37. The van der Waals surface area contributed by atoms with E-state index in [1.807, 2.05) is 0 Å². The fourth-order valence-corrected chi connectivity index (χ4v) is 1.98. The number of nitro benzene ring substituents is 1. The topological polar surface area (TPSA) is 124 Å². The van der Waals surface area contributed by atoms with Crippen LogP contribution in [0.25, 0.3) is 0 Å². The average molecular weight is 329 g/mol. The zero-order valence-electron chi connectivity index (χ0n) is 9.83. The summed E-state index contributed by atoms with van der Waals surface area (Å²) >= 11 is 0. The number of nitro groups is 1. The molecule has 1 aromatic carbocycles. The van der Waals surface area contributed by atoms with Gasteiger partial charge in [0.05, 0.1) is 9.82 Å². The number of sulfone groups is 1. The van der Waals surface area contributed by atoms with Gasteiger partial charge in [-0.1, -0.05) is 0 Å². The van der Waals surface area contributed by atoms with Crippen LogP contribution in [-0.2, 0) is 14.6 Å². The fraction of sp³-hybridized carbons (Fsp3) is 0.222. The Morgan fingerprint density at radius 3 is 2.38 bits per heavy atom. The summed E-state index contributed by atoms with van der Waals surface area (Å²) in [5, 5.41) is 19.1. The molecule has 0 unspecified atom stereocenters. The molecule has 0 atom stereocenters. The van der Waals surface area contributed by atoms with Gasteiger partial charge in [0.2, 0.25) is 0 Å². The van der Waals surface area contributed by atoms with Gasteiger partial charge in [-0.2, -0.15) is 13.2 Å². The van der Waals surface area contributed by atoms with Crippen molar-refractivity contribution in [2.45, 2.75) is 10.4 Å². The van der Waals surface area contributed by atoms with Crippen molar-refractivity contribution in [3.05, 3.63) is 28.3 Å². The van der Waals surface area contributed by atoms with Gasteiger partial charge >= 0.3 is 17.2 Å². The smallest absolute Gasteiger partial charge is 0.479 e. The van der Waals surface area contributed by atoms with Crippen molar-refractivity contribution in [3.8, 4) is 5.75 Å². The first-order chi connectivity index (χ1) is 9.46. The highest BCUT2D eigenvalue weighted by Gasteiger charge is 2.47. The largest absolute Gasteiger partial charge is 0.501 e. The number of alkyl halides is 3. The number of hydrogen-bond donors (Lipinski definition) is 1. The highest BCUT2D eigenvalue weighted by atomic mass is 32.2. The van der Waals surface area contributed by atoms with Gasteiger partial charge in [-0.25, -0.2) is 13.2 Å². The van der Waals surface area contributed by atoms with E-state index >= 15 is 0 Å². The van der Waals surface area contributed by atoms with E-state index in [9.17, 15) is 36.5 Å². The van der Waals surface area contributed by atoms with Crippen LogP contribution in [0.1, 0.15) is 0 Å². The van der Waals surface area contributed by atoms with E-state index in [2.05, 4.69) is 4.74 Å². The first-order valence-corrected chi connectivity index (χ1v) is 6.39. The molecular weight excluding hydrogens is 323 g/mol. The van der Waals surface area contributed by atoms with E-state index in [0.29, 0.717) is 12.1 Å². The minimum atomic E-state index is -5.76. The molecule has 0 aliphatic rings. The van der Waals surface area contributed by atoms with Crippen molar-refractivity contribution < 1.29 is 41.2 Å². The molecule has 8 nitrogen and oxygen atoms in total. The third kappa shape index (κ3) is 3.59. The summed E-state index contributed by atoms with van der Waals surface area (Å²) in [7, 11) is -5.76.